The van der Waals surface area contributed by atoms with Crippen molar-refractivity contribution in [1.82, 2.24) is 5.32 Å². The van der Waals surface area contributed by atoms with Crippen LogP contribution in [0.15, 0.2) is 0 Å². The number of rotatable bonds is 3. The molecule has 0 aliphatic rings. The summed E-state index contributed by atoms with van der Waals surface area (Å²) < 4.78 is 0. The van der Waals surface area contributed by atoms with Gasteiger partial charge in [-0.25, -0.2) is 0 Å². The molecule has 0 radical (unpaired) electrons. The van der Waals surface area contributed by atoms with E-state index in [1.165, 1.54) is 14.0 Å². The zero-order valence-electron chi connectivity index (χ0n) is 6.05. The van der Waals surface area contributed by atoms with Crippen molar-refractivity contribution in [3.63, 3.8) is 0 Å². The molecule has 0 heterocycles. The predicted octanol–water partition coefficient (Wildman–Crippen LogP) is -0.928. The van der Waals surface area contributed by atoms with Crippen LogP contribution in [0.25, 0.3) is 0 Å². The van der Waals surface area contributed by atoms with Crippen molar-refractivity contribution in [3.8, 4) is 0 Å². The number of hydrogen-bond acceptors (Lipinski definition) is 3. The molecule has 4 heteroatoms. The van der Waals surface area contributed by atoms with Crippen LogP contribution in [0, 0.1) is 0 Å². The number of carbonyl (C=O) groups excluding carboxylic acids is 2. The van der Waals surface area contributed by atoms with E-state index >= 15 is 0 Å². The lowest BCUT2D eigenvalue weighted by atomic mass is 10.2. The maximum atomic E-state index is 10.5. The summed E-state index contributed by atoms with van der Waals surface area (Å²) in [6, 6.07) is 0. The summed E-state index contributed by atoms with van der Waals surface area (Å²) in [7, 11) is 1.41. The lowest BCUT2D eigenvalue weighted by Gasteiger charge is -2.04. The second-order valence-corrected chi connectivity index (χ2v) is 2.04. The Balaban J connectivity index is 3.72. The Morgan fingerprint density at radius 2 is 2.10 bits per heavy atom. The highest BCUT2D eigenvalue weighted by Crippen LogP contribution is 1.91. The molecule has 2 N–H and O–H groups in total. The molecule has 4 nitrogen and oxygen atoms in total. The van der Waals surface area contributed by atoms with Gasteiger partial charge in [-0.2, -0.15) is 0 Å². The fraction of sp³-hybridized carbons (Fsp3) is 0.667. The van der Waals surface area contributed by atoms with Gasteiger partial charge in [0.2, 0.25) is 5.91 Å². The Kier molecular flexibility index (Phi) is 3.64. The minimum absolute atomic E-state index is 0.111. The summed E-state index contributed by atoms with van der Waals surface area (Å²) in [5, 5.41) is 11.1. The fourth-order valence-corrected chi connectivity index (χ4v) is 0.532. The average molecular weight is 145 g/mol. The molecule has 0 bridgehead atoms. The van der Waals surface area contributed by atoms with Crippen molar-refractivity contribution in [1.29, 1.82) is 0 Å². The summed E-state index contributed by atoms with van der Waals surface area (Å²) in [5.41, 5.74) is 0. The smallest absolute Gasteiger partial charge is 0.249 e. The molecule has 1 amide bonds. The molecule has 0 saturated carbocycles. The number of aliphatic hydroxyl groups is 1. The van der Waals surface area contributed by atoms with Crippen molar-refractivity contribution in [3.05, 3.63) is 0 Å². The number of amides is 1. The van der Waals surface area contributed by atoms with E-state index in [-0.39, 0.29) is 12.2 Å². The molecule has 0 aliphatic heterocycles. The van der Waals surface area contributed by atoms with Gasteiger partial charge >= 0.3 is 0 Å². The Labute approximate surface area is 59.2 Å². The summed E-state index contributed by atoms with van der Waals surface area (Å²) in [5.74, 6) is -0.716. The van der Waals surface area contributed by atoms with E-state index in [1.54, 1.807) is 0 Å². The van der Waals surface area contributed by atoms with Crippen LogP contribution in [-0.4, -0.2) is 29.9 Å². The van der Waals surface area contributed by atoms with Crippen molar-refractivity contribution < 1.29 is 14.7 Å². The number of hydrogen-bond donors (Lipinski definition) is 2. The van der Waals surface area contributed by atoms with Gasteiger partial charge in [0.05, 0.1) is 0 Å². The van der Waals surface area contributed by atoms with Gasteiger partial charge in [-0.1, -0.05) is 0 Å². The van der Waals surface area contributed by atoms with Crippen molar-refractivity contribution >= 4 is 11.7 Å². The van der Waals surface area contributed by atoms with Crippen LogP contribution >= 0.6 is 0 Å². The molecule has 58 valence electrons. The first-order valence-electron chi connectivity index (χ1n) is 2.97. The summed E-state index contributed by atoms with van der Waals surface area (Å²) >= 11 is 0. The Morgan fingerprint density at radius 1 is 1.60 bits per heavy atom. The topological polar surface area (TPSA) is 66.4 Å². The third-order valence-electron chi connectivity index (χ3n) is 1.03. The molecule has 1 atom stereocenters. The average Bonchev–Trinajstić information content (AvgIpc) is 1.85. The Bertz CT molecular complexity index is 144. The lowest BCUT2D eigenvalue weighted by molar-refractivity contribution is -0.132. The van der Waals surface area contributed by atoms with Crippen LogP contribution in [0.5, 0.6) is 0 Å². The first-order chi connectivity index (χ1) is 4.57. The summed E-state index contributed by atoms with van der Waals surface area (Å²) in [6.07, 6.45) is -1.30. The van der Waals surface area contributed by atoms with Gasteiger partial charge in [0.1, 0.15) is 11.9 Å². The number of ketones is 1. The van der Waals surface area contributed by atoms with Gasteiger partial charge < -0.3 is 10.4 Å². The van der Waals surface area contributed by atoms with E-state index < -0.39 is 12.0 Å². The molecular weight excluding hydrogens is 134 g/mol. The van der Waals surface area contributed by atoms with Crippen LogP contribution in [0.4, 0.5) is 0 Å². The van der Waals surface area contributed by atoms with Gasteiger partial charge in [-0.15, -0.1) is 0 Å². The molecule has 0 fully saturated rings. The normalized spacial score (nSPS) is 12.3. The molecule has 0 saturated heterocycles. The summed E-state index contributed by atoms with van der Waals surface area (Å²) in [4.78, 5) is 20.9. The van der Waals surface area contributed by atoms with Crippen LogP contribution < -0.4 is 5.32 Å². The molecule has 0 aromatic rings. The van der Waals surface area contributed by atoms with E-state index in [0.717, 1.165) is 0 Å². The molecular formula is C6H11NO3. The van der Waals surface area contributed by atoms with E-state index in [4.69, 9.17) is 5.11 Å². The van der Waals surface area contributed by atoms with Gasteiger partial charge in [-0.3, -0.25) is 9.59 Å². The largest absolute Gasteiger partial charge is 0.383 e. The monoisotopic (exact) mass is 145 g/mol. The third-order valence-corrected chi connectivity index (χ3v) is 1.03. The van der Waals surface area contributed by atoms with Crippen molar-refractivity contribution in [2.75, 3.05) is 7.05 Å². The second kappa shape index (κ2) is 4.00. The highest BCUT2D eigenvalue weighted by Gasteiger charge is 2.14. The first-order valence-corrected chi connectivity index (χ1v) is 2.97. The van der Waals surface area contributed by atoms with Gasteiger partial charge in [-0.05, 0) is 6.92 Å². The lowest BCUT2D eigenvalue weighted by Crippen LogP contribution is -2.32. The van der Waals surface area contributed by atoms with Crippen LogP contribution in [0.1, 0.15) is 13.3 Å². The predicted molar refractivity (Wildman–Crippen MR) is 35.4 cm³/mol. The highest BCUT2D eigenvalue weighted by atomic mass is 16.3. The minimum Gasteiger partial charge on any atom is -0.383 e. The zero-order chi connectivity index (χ0) is 8.15. The zero-order valence-corrected chi connectivity index (χ0v) is 6.05. The number of likely N-dealkylation sites (N-methyl/N-ethyl adjacent to an activating group) is 1. The maximum Gasteiger partial charge on any atom is 0.249 e. The second-order valence-electron chi connectivity index (χ2n) is 2.04. The van der Waals surface area contributed by atoms with E-state index in [1.807, 2.05) is 0 Å². The molecule has 0 unspecified atom stereocenters. The van der Waals surface area contributed by atoms with Crippen LogP contribution in [-0.2, 0) is 9.59 Å². The number of aliphatic hydroxyl groups excluding tert-OH is 1. The number of carbonyl (C=O) groups is 2. The molecule has 0 spiro atoms. The molecule has 10 heavy (non-hydrogen) atoms. The third kappa shape index (κ3) is 3.19. The van der Waals surface area contributed by atoms with Crippen LogP contribution in [0.2, 0.25) is 0 Å². The molecule has 0 rings (SSSR count). The highest BCUT2D eigenvalue weighted by molar-refractivity contribution is 5.86. The van der Waals surface area contributed by atoms with E-state index in [0.29, 0.717) is 0 Å². The quantitative estimate of drug-likeness (QED) is 0.539. The Morgan fingerprint density at radius 3 is 2.40 bits per heavy atom. The molecule has 0 aromatic carbocycles. The fourth-order valence-electron chi connectivity index (χ4n) is 0.532. The Hall–Kier alpha value is -0.900. The van der Waals surface area contributed by atoms with Gasteiger partial charge in [0, 0.05) is 13.5 Å². The molecule has 0 aromatic heterocycles. The maximum absolute atomic E-state index is 10.5. The van der Waals surface area contributed by atoms with Crippen molar-refractivity contribution in [2.45, 2.75) is 19.4 Å². The summed E-state index contributed by atoms with van der Waals surface area (Å²) in [6.45, 7) is 1.33. The number of Topliss-reactive ketones (excluding diaryl/α,β-unsaturated/α-hetero) is 1. The number of nitrogens with one attached hydrogen (secondary N) is 1. The van der Waals surface area contributed by atoms with Gasteiger partial charge in [0.25, 0.3) is 0 Å². The standard InChI is InChI=1S/C6H11NO3/c1-4(8)3-5(9)6(10)7-2/h5,9H,3H2,1-2H3,(H,7,10)/t5-/m1/s1. The van der Waals surface area contributed by atoms with E-state index in [2.05, 4.69) is 5.32 Å². The van der Waals surface area contributed by atoms with Gasteiger partial charge in [0.15, 0.2) is 0 Å². The van der Waals surface area contributed by atoms with Crippen LogP contribution in [0.3, 0.4) is 0 Å². The van der Waals surface area contributed by atoms with Crippen molar-refractivity contribution in [2.24, 2.45) is 0 Å². The minimum atomic E-state index is -1.19. The van der Waals surface area contributed by atoms with E-state index in [9.17, 15) is 9.59 Å². The molecule has 0 aliphatic carbocycles. The SMILES string of the molecule is CNC(=O)[C@H](O)CC(C)=O. The first kappa shape index (κ1) is 9.10.